The van der Waals surface area contributed by atoms with E-state index in [2.05, 4.69) is 20.7 Å². The Labute approximate surface area is 205 Å². The Hall–Kier alpha value is -3.27. The minimum atomic E-state index is -0.414. The Kier molecular flexibility index (Phi) is 7.33. The Morgan fingerprint density at radius 2 is 1.91 bits per heavy atom. The summed E-state index contributed by atoms with van der Waals surface area (Å²) in [5.74, 6) is -0.0829. The van der Waals surface area contributed by atoms with Gasteiger partial charge in [-0.25, -0.2) is 14.5 Å². The van der Waals surface area contributed by atoms with Gasteiger partial charge >= 0.3 is 5.97 Å². The molecule has 0 fully saturated rings. The molecule has 2 heterocycles. The highest BCUT2D eigenvalue weighted by Gasteiger charge is 2.19. The number of benzene rings is 2. The third-order valence-corrected chi connectivity index (χ3v) is 6.24. The number of thiocarbonyl (C=S) groups is 1. The van der Waals surface area contributed by atoms with Crippen molar-refractivity contribution < 1.29 is 9.53 Å². The van der Waals surface area contributed by atoms with Crippen molar-refractivity contribution in [2.75, 3.05) is 17.2 Å². The van der Waals surface area contributed by atoms with Crippen LogP contribution >= 0.6 is 35.2 Å². The van der Waals surface area contributed by atoms with Crippen LogP contribution in [-0.4, -0.2) is 32.5 Å². The second-order valence-corrected chi connectivity index (χ2v) is 8.74. The van der Waals surface area contributed by atoms with Crippen LogP contribution < -0.4 is 10.6 Å². The lowest BCUT2D eigenvalue weighted by Crippen LogP contribution is -2.21. The predicted molar refractivity (Wildman–Crippen MR) is 136 cm³/mol. The van der Waals surface area contributed by atoms with Gasteiger partial charge in [0.25, 0.3) is 0 Å². The number of hydrogen-bond acceptors (Lipinski definition) is 6. The Balaban J connectivity index is 1.48. The molecule has 0 amide bonds. The molecule has 0 unspecified atom stereocenters. The zero-order chi connectivity index (χ0) is 23.2. The van der Waals surface area contributed by atoms with Crippen molar-refractivity contribution in [1.82, 2.24) is 14.8 Å². The normalized spacial score (nSPS) is 10.6. The molecule has 7 nitrogen and oxygen atoms in total. The highest BCUT2D eigenvalue weighted by molar-refractivity contribution is 7.80. The highest BCUT2D eigenvalue weighted by Crippen LogP contribution is 2.36. The maximum atomic E-state index is 12.5. The third-order valence-electron chi connectivity index (χ3n) is 4.56. The molecule has 4 aromatic rings. The van der Waals surface area contributed by atoms with Gasteiger partial charge in [0.15, 0.2) is 5.11 Å². The van der Waals surface area contributed by atoms with Crippen LogP contribution in [0.25, 0.3) is 10.4 Å². The zero-order valence-corrected chi connectivity index (χ0v) is 20.0. The van der Waals surface area contributed by atoms with Crippen LogP contribution in [0, 0.1) is 0 Å². The van der Waals surface area contributed by atoms with E-state index in [0.717, 1.165) is 16.0 Å². The predicted octanol–water partition coefficient (Wildman–Crippen LogP) is 5.69. The summed E-state index contributed by atoms with van der Waals surface area (Å²) in [6.45, 7) is 2.53. The molecule has 2 N–H and O–H groups in total. The van der Waals surface area contributed by atoms with Crippen molar-refractivity contribution in [2.45, 2.75) is 13.5 Å². The lowest BCUT2D eigenvalue weighted by molar-refractivity contribution is 0.0528. The Morgan fingerprint density at radius 1 is 1.15 bits per heavy atom. The van der Waals surface area contributed by atoms with E-state index >= 15 is 0 Å². The topological polar surface area (TPSA) is 81.1 Å². The van der Waals surface area contributed by atoms with Crippen molar-refractivity contribution in [1.29, 1.82) is 0 Å². The molecule has 0 aliphatic carbocycles. The van der Waals surface area contributed by atoms with Crippen LogP contribution in [0.1, 0.15) is 22.8 Å². The van der Waals surface area contributed by atoms with Gasteiger partial charge in [0, 0.05) is 9.90 Å². The number of carbonyl (C=O) groups is 1. The van der Waals surface area contributed by atoms with Crippen molar-refractivity contribution >= 4 is 57.2 Å². The van der Waals surface area contributed by atoms with E-state index in [1.54, 1.807) is 24.0 Å². The number of nitrogens with zero attached hydrogens (tertiary/aromatic N) is 3. The fourth-order valence-electron chi connectivity index (χ4n) is 3.05. The molecule has 2 aromatic heterocycles. The molecule has 0 spiro atoms. The van der Waals surface area contributed by atoms with Gasteiger partial charge in [-0.1, -0.05) is 60.1 Å². The summed E-state index contributed by atoms with van der Waals surface area (Å²) in [4.78, 5) is 17.7. The SMILES string of the molecule is CCOC(=O)c1cc(-c2ccccc2)sc1NC(=S)Nc1ncn(Cc2ccccc2Cl)n1. The van der Waals surface area contributed by atoms with Crippen molar-refractivity contribution in [3.63, 3.8) is 0 Å². The quantitative estimate of drug-likeness (QED) is 0.250. The van der Waals surface area contributed by atoms with Gasteiger partial charge in [-0.05, 0) is 42.4 Å². The molecule has 0 saturated heterocycles. The first-order chi connectivity index (χ1) is 16.0. The van der Waals surface area contributed by atoms with Crippen molar-refractivity contribution in [3.05, 3.63) is 83.1 Å². The maximum absolute atomic E-state index is 12.5. The Bertz CT molecular complexity index is 1270. The largest absolute Gasteiger partial charge is 0.462 e. The van der Waals surface area contributed by atoms with E-state index in [1.807, 2.05) is 54.6 Å². The van der Waals surface area contributed by atoms with Gasteiger partial charge in [-0.2, -0.15) is 0 Å². The van der Waals surface area contributed by atoms with E-state index in [1.165, 1.54) is 11.3 Å². The summed E-state index contributed by atoms with van der Waals surface area (Å²) in [5, 5.41) is 11.9. The van der Waals surface area contributed by atoms with Crippen LogP contribution in [0.15, 0.2) is 67.0 Å². The molecular weight excluding hydrogens is 478 g/mol. The van der Waals surface area contributed by atoms with E-state index in [0.29, 0.717) is 28.1 Å². The van der Waals surface area contributed by atoms with Gasteiger partial charge in [0.1, 0.15) is 11.3 Å². The first-order valence-electron chi connectivity index (χ1n) is 10.1. The van der Waals surface area contributed by atoms with Crippen LogP contribution in [-0.2, 0) is 11.3 Å². The average Bonchev–Trinajstić information content (AvgIpc) is 3.43. The molecule has 0 radical (unpaired) electrons. The van der Waals surface area contributed by atoms with Gasteiger partial charge in [-0.3, -0.25) is 5.32 Å². The second-order valence-electron chi connectivity index (χ2n) is 6.88. The molecule has 0 atom stereocenters. The molecule has 4 rings (SSSR count). The van der Waals surface area contributed by atoms with Crippen molar-refractivity contribution in [2.24, 2.45) is 0 Å². The number of anilines is 2. The van der Waals surface area contributed by atoms with Gasteiger partial charge in [-0.15, -0.1) is 16.4 Å². The second kappa shape index (κ2) is 10.6. The van der Waals surface area contributed by atoms with Crippen LogP contribution in [0.5, 0.6) is 0 Å². The van der Waals surface area contributed by atoms with Gasteiger partial charge < -0.3 is 10.1 Å². The van der Waals surface area contributed by atoms with Crippen LogP contribution in [0.2, 0.25) is 5.02 Å². The smallest absolute Gasteiger partial charge is 0.341 e. The minimum absolute atomic E-state index is 0.262. The number of aromatic nitrogens is 3. The summed E-state index contributed by atoms with van der Waals surface area (Å²) < 4.78 is 6.87. The maximum Gasteiger partial charge on any atom is 0.341 e. The van der Waals surface area contributed by atoms with Gasteiger partial charge in [0.05, 0.1) is 18.7 Å². The number of halogens is 1. The first-order valence-corrected chi connectivity index (χ1v) is 11.7. The van der Waals surface area contributed by atoms with Crippen LogP contribution in [0.4, 0.5) is 10.9 Å². The minimum Gasteiger partial charge on any atom is -0.462 e. The van der Waals surface area contributed by atoms with E-state index in [-0.39, 0.29) is 11.7 Å². The molecule has 168 valence electrons. The van der Waals surface area contributed by atoms with Crippen LogP contribution in [0.3, 0.4) is 0 Å². The molecule has 33 heavy (non-hydrogen) atoms. The number of hydrogen-bond donors (Lipinski definition) is 2. The van der Waals surface area contributed by atoms with E-state index < -0.39 is 5.97 Å². The number of esters is 1. The number of nitrogens with one attached hydrogen (secondary N) is 2. The van der Waals surface area contributed by atoms with E-state index in [9.17, 15) is 4.79 Å². The number of rotatable bonds is 7. The standard InChI is InChI=1S/C23H20ClN5O2S2/c1-2-31-21(30)17-12-19(15-8-4-3-5-9-15)33-20(17)26-23(32)27-22-25-14-29(28-22)13-16-10-6-7-11-18(16)24/h3-12,14H,2,13H2,1H3,(H2,26,27,28,32). The molecule has 2 aromatic carbocycles. The van der Waals surface area contributed by atoms with Gasteiger partial charge in [0.2, 0.25) is 5.95 Å². The number of thiophene rings is 1. The zero-order valence-electron chi connectivity index (χ0n) is 17.6. The molecule has 0 aliphatic rings. The fourth-order valence-corrected chi connectivity index (χ4v) is 4.56. The summed E-state index contributed by atoms with van der Waals surface area (Å²) in [7, 11) is 0. The molecule has 0 aliphatic heterocycles. The molecular formula is C23H20ClN5O2S2. The summed E-state index contributed by atoms with van der Waals surface area (Å²) in [6, 6.07) is 19.2. The summed E-state index contributed by atoms with van der Waals surface area (Å²) in [6.07, 6.45) is 1.59. The first kappa shape index (κ1) is 22.9. The molecule has 0 bridgehead atoms. The third kappa shape index (κ3) is 5.75. The Morgan fingerprint density at radius 3 is 2.67 bits per heavy atom. The summed E-state index contributed by atoms with van der Waals surface area (Å²) >= 11 is 13.1. The average molecular weight is 498 g/mol. The lowest BCUT2D eigenvalue weighted by Gasteiger charge is -2.08. The molecule has 10 heteroatoms. The highest BCUT2D eigenvalue weighted by atomic mass is 35.5. The monoisotopic (exact) mass is 497 g/mol. The summed E-state index contributed by atoms with van der Waals surface area (Å²) in [5.41, 5.74) is 2.35. The number of ether oxygens (including phenoxy) is 1. The fraction of sp³-hybridized carbons (Fsp3) is 0.130. The number of carbonyl (C=O) groups excluding carboxylic acids is 1. The van der Waals surface area contributed by atoms with Crippen molar-refractivity contribution in [3.8, 4) is 10.4 Å². The molecule has 0 saturated carbocycles. The lowest BCUT2D eigenvalue weighted by atomic mass is 10.1. The van der Waals surface area contributed by atoms with E-state index in [4.69, 9.17) is 28.6 Å².